The number of anilines is 1. The van der Waals surface area contributed by atoms with Crippen LogP contribution in [0.5, 0.6) is 11.5 Å². The smallest absolute Gasteiger partial charge is 0.120 e. The summed E-state index contributed by atoms with van der Waals surface area (Å²) < 4.78 is 5.22. The van der Waals surface area contributed by atoms with Crippen LogP contribution in [-0.2, 0) is 6.54 Å². The SMILES string of the molecule is CCN(Cc1cc(OC)ccc1O)c1ccccc1C. The number of hydrogen-bond donors (Lipinski definition) is 1. The van der Waals surface area contributed by atoms with Gasteiger partial charge in [-0.05, 0) is 43.7 Å². The third kappa shape index (κ3) is 3.05. The average molecular weight is 271 g/mol. The maximum absolute atomic E-state index is 10.0. The van der Waals surface area contributed by atoms with Gasteiger partial charge in [0, 0.05) is 24.3 Å². The highest BCUT2D eigenvalue weighted by Gasteiger charge is 2.11. The van der Waals surface area contributed by atoms with E-state index < -0.39 is 0 Å². The number of phenols is 1. The van der Waals surface area contributed by atoms with Crippen LogP contribution in [0.4, 0.5) is 5.69 Å². The van der Waals surface area contributed by atoms with Crippen molar-refractivity contribution in [3.8, 4) is 11.5 Å². The maximum Gasteiger partial charge on any atom is 0.120 e. The van der Waals surface area contributed by atoms with Crippen LogP contribution in [0.3, 0.4) is 0 Å². The summed E-state index contributed by atoms with van der Waals surface area (Å²) in [4.78, 5) is 2.24. The summed E-state index contributed by atoms with van der Waals surface area (Å²) in [6, 6.07) is 13.6. The summed E-state index contributed by atoms with van der Waals surface area (Å²) in [6.07, 6.45) is 0. The Labute approximate surface area is 120 Å². The van der Waals surface area contributed by atoms with E-state index in [9.17, 15) is 5.11 Å². The predicted octanol–water partition coefficient (Wildman–Crippen LogP) is 3.74. The zero-order valence-electron chi connectivity index (χ0n) is 12.3. The lowest BCUT2D eigenvalue weighted by atomic mass is 10.1. The molecule has 0 spiro atoms. The lowest BCUT2D eigenvalue weighted by molar-refractivity contribution is 0.410. The van der Waals surface area contributed by atoms with E-state index in [4.69, 9.17) is 4.74 Å². The van der Waals surface area contributed by atoms with Gasteiger partial charge in [0.2, 0.25) is 0 Å². The molecule has 0 atom stereocenters. The first kappa shape index (κ1) is 14.3. The van der Waals surface area contributed by atoms with Crippen LogP contribution < -0.4 is 9.64 Å². The van der Waals surface area contributed by atoms with E-state index in [1.165, 1.54) is 11.3 Å². The minimum atomic E-state index is 0.304. The second kappa shape index (κ2) is 6.33. The number of rotatable bonds is 5. The molecular weight excluding hydrogens is 250 g/mol. The molecule has 20 heavy (non-hydrogen) atoms. The number of aromatic hydroxyl groups is 1. The van der Waals surface area contributed by atoms with E-state index in [0.717, 1.165) is 17.9 Å². The van der Waals surface area contributed by atoms with Crippen molar-refractivity contribution in [1.29, 1.82) is 0 Å². The number of hydrogen-bond acceptors (Lipinski definition) is 3. The van der Waals surface area contributed by atoms with Crippen molar-refractivity contribution >= 4 is 5.69 Å². The van der Waals surface area contributed by atoms with Crippen molar-refractivity contribution in [3.05, 3.63) is 53.6 Å². The molecule has 1 N–H and O–H groups in total. The van der Waals surface area contributed by atoms with Crippen molar-refractivity contribution in [1.82, 2.24) is 0 Å². The van der Waals surface area contributed by atoms with Gasteiger partial charge in [0.15, 0.2) is 0 Å². The normalized spacial score (nSPS) is 10.3. The summed E-state index contributed by atoms with van der Waals surface area (Å²) >= 11 is 0. The van der Waals surface area contributed by atoms with Gasteiger partial charge in [-0.1, -0.05) is 18.2 Å². The minimum absolute atomic E-state index is 0.304. The van der Waals surface area contributed by atoms with Gasteiger partial charge in [0.25, 0.3) is 0 Å². The summed E-state index contributed by atoms with van der Waals surface area (Å²) in [7, 11) is 1.63. The molecule has 0 amide bonds. The van der Waals surface area contributed by atoms with Crippen LogP contribution in [0.1, 0.15) is 18.1 Å². The van der Waals surface area contributed by atoms with E-state index in [0.29, 0.717) is 12.3 Å². The molecule has 106 valence electrons. The molecule has 0 aromatic heterocycles. The average Bonchev–Trinajstić information content (AvgIpc) is 2.47. The maximum atomic E-state index is 10.0. The predicted molar refractivity (Wildman–Crippen MR) is 82.6 cm³/mol. The highest BCUT2D eigenvalue weighted by atomic mass is 16.5. The third-order valence-corrected chi connectivity index (χ3v) is 3.49. The van der Waals surface area contributed by atoms with Gasteiger partial charge < -0.3 is 14.7 Å². The molecule has 2 rings (SSSR count). The lowest BCUT2D eigenvalue weighted by Crippen LogP contribution is -2.22. The first-order valence-electron chi connectivity index (χ1n) is 6.82. The fourth-order valence-electron chi connectivity index (χ4n) is 2.31. The van der Waals surface area contributed by atoms with E-state index in [2.05, 4.69) is 30.9 Å². The van der Waals surface area contributed by atoms with Gasteiger partial charge >= 0.3 is 0 Å². The second-order valence-corrected chi connectivity index (χ2v) is 4.80. The highest BCUT2D eigenvalue weighted by Crippen LogP contribution is 2.27. The Hall–Kier alpha value is -2.16. The molecule has 0 aliphatic heterocycles. The van der Waals surface area contributed by atoms with Gasteiger partial charge in [-0.2, -0.15) is 0 Å². The molecule has 0 saturated heterocycles. The highest BCUT2D eigenvalue weighted by molar-refractivity contribution is 5.54. The first-order valence-corrected chi connectivity index (χ1v) is 6.82. The van der Waals surface area contributed by atoms with E-state index in [-0.39, 0.29) is 0 Å². The lowest BCUT2D eigenvalue weighted by Gasteiger charge is -2.25. The van der Waals surface area contributed by atoms with E-state index >= 15 is 0 Å². The van der Waals surface area contributed by atoms with Crippen LogP contribution in [0.25, 0.3) is 0 Å². The van der Waals surface area contributed by atoms with Crippen LogP contribution in [-0.4, -0.2) is 18.8 Å². The van der Waals surface area contributed by atoms with Crippen molar-refractivity contribution < 1.29 is 9.84 Å². The molecular formula is C17H21NO2. The Balaban J connectivity index is 2.29. The number of ether oxygens (including phenoxy) is 1. The van der Waals surface area contributed by atoms with E-state index in [1.54, 1.807) is 19.2 Å². The standard InChI is InChI=1S/C17H21NO2/c1-4-18(16-8-6-5-7-13(16)2)12-14-11-15(20-3)9-10-17(14)19/h5-11,19H,4,12H2,1-3H3. The molecule has 0 fully saturated rings. The number of phenolic OH excluding ortho intramolecular Hbond substituents is 1. The van der Waals surface area contributed by atoms with Gasteiger partial charge in [0.1, 0.15) is 11.5 Å². The number of aryl methyl sites for hydroxylation is 1. The fraction of sp³-hybridized carbons (Fsp3) is 0.294. The molecule has 0 unspecified atom stereocenters. The number of nitrogens with zero attached hydrogens (tertiary/aromatic N) is 1. The van der Waals surface area contributed by atoms with Gasteiger partial charge in [-0.25, -0.2) is 0 Å². The summed E-state index contributed by atoms with van der Waals surface area (Å²) in [5, 5.41) is 10.0. The molecule has 3 heteroatoms. The van der Waals surface area contributed by atoms with Crippen molar-refractivity contribution in [3.63, 3.8) is 0 Å². The van der Waals surface area contributed by atoms with Gasteiger partial charge in [0.05, 0.1) is 7.11 Å². The Morgan fingerprint density at radius 2 is 1.90 bits per heavy atom. The van der Waals surface area contributed by atoms with Crippen LogP contribution >= 0.6 is 0 Å². The number of benzene rings is 2. The van der Waals surface area contributed by atoms with Crippen LogP contribution in [0.2, 0.25) is 0 Å². The molecule has 0 heterocycles. The summed E-state index contributed by atoms with van der Waals surface area (Å²) in [6.45, 7) is 5.75. The third-order valence-electron chi connectivity index (χ3n) is 3.49. The van der Waals surface area contributed by atoms with Crippen molar-refractivity contribution in [2.45, 2.75) is 20.4 Å². The molecule has 2 aromatic rings. The first-order chi connectivity index (χ1) is 9.65. The molecule has 0 aliphatic rings. The number of para-hydroxylation sites is 1. The molecule has 0 aliphatic carbocycles. The molecule has 3 nitrogen and oxygen atoms in total. The molecule has 0 radical (unpaired) electrons. The molecule has 0 saturated carbocycles. The number of methoxy groups -OCH3 is 1. The zero-order chi connectivity index (χ0) is 14.5. The molecule has 0 bridgehead atoms. The quantitative estimate of drug-likeness (QED) is 0.899. The fourth-order valence-corrected chi connectivity index (χ4v) is 2.31. The Morgan fingerprint density at radius 1 is 1.15 bits per heavy atom. The Kier molecular flexibility index (Phi) is 4.51. The second-order valence-electron chi connectivity index (χ2n) is 4.80. The Morgan fingerprint density at radius 3 is 2.55 bits per heavy atom. The monoisotopic (exact) mass is 271 g/mol. The molecule has 2 aromatic carbocycles. The zero-order valence-corrected chi connectivity index (χ0v) is 12.3. The topological polar surface area (TPSA) is 32.7 Å². The van der Waals surface area contributed by atoms with Crippen molar-refractivity contribution in [2.24, 2.45) is 0 Å². The summed E-state index contributed by atoms with van der Waals surface area (Å²) in [5.41, 5.74) is 3.29. The minimum Gasteiger partial charge on any atom is -0.508 e. The summed E-state index contributed by atoms with van der Waals surface area (Å²) in [5.74, 6) is 1.07. The van der Waals surface area contributed by atoms with Crippen molar-refractivity contribution in [2.75, 3.05) is 18.6 Å². The van der Waals surface area contributed by atoms with E-state index in [1.807, 2.05) is 18.2 Å². The largest absolute Gasteiger partial charge is 0.508 e. The van der Waals surface area contributed by atoms with Crippen LogP contribution in [0.15, 0.2) is 42.5 Å². The Bertz CT molecular complexity index is 581. The van der Waals surface area contributed by atoms with Gasteiger partial charge in [-0.15, -0.1) is 0 Å². The van der Waals surface area contributed by atoms with Crippen LogP contribution in [0, 0.1) is 6.92 Å². The van der Waals surface area contributed by atoms with Gasteiger partial charge in [-0.3, -0.25) is 0 Å².